The summed E-state index contributed by atoms with van der Waals surface area (Å²) in [6.45, 7) is 0.148. The van der Waals surface area contributed by atoms with Crippen LogP contribution in [0, 0.1) is 0 Å². The lowest BCUT2D eigenvalue weighted by Crippen LogP contribution is -2.31. The number of nitrogens with zero attached hydrogens (tertiary/aromatic N) is 2. The van der Waals surface area contributed by atoms with Crippen molar-refractivity contribution >= 4 is 15.7 Å². The predicted octanol–water partition coefficient (Wildman–Crippen LogP) is 3.49. The molecule has 1 aromatic heterocycles. The molecule has 1 heterocycles. The highest BCUT2D eigenvalue weighted by Crippen LogP contribution is 2.33. The Morgan fingerprint density at radius 2 is 1.74 bits per heavy atom. The Bertz CT molecular complexity index is 993. The molecule has 0 N–H and O–H groups in total. The van der Waals surface area contributed by atoms with Gasteiger partial charge in [-0.15, -0.1) is 0 Å². The minimum absolute atomic E-state index is 0.0681. The Morgan fingerprint density at radius 3 is 2.37 bits per heavy atom. The fourth-order valence-corrected chi connectivity index (χ4v) is 4.27. The molecule has 0 aliphatic rings. The van der Waals surface area contributed by atoms with Crippen molar-refractivity contribution < 1.29 is 17.9 Å². The number of hydrogen-bond donors (Lipinski definition) is 0. The fraction of sp³-hybridized carbons (Fsp3) is 0.150. The van der Waals surface area contributed by atoms with Crippen molar-refractivity contribution in [2.24, 2.45) is 0 Å². The molecule has 7 heteroatoms. The van der Waals surface area contributed by atoms with Crippen molar-refractivity contribution in [1.82, 2.24) is 4.98 Å². The Morgan fingerprint density at radius 1 is 0.963 bits per heavy atom. The van der Waals surface area contributed by atoms with Crippen LogP contribution in [0.15, 0.2) is 78.0 Å². The number of benzene rings is 2. The molecule has 27 heavy (non-hydrogen) atoms. The second-order valence-corrected chi connectivity index (χ2v) is 7.56. The van der Waals surface area contributed by atoms with Crippen LogP contribution in [0.1, 0.15) is 5.56 Å². The predicted molar refractivity (Wildman–Crippen MR) is 104 cm³/mol. The molecule has 0 atom stereocenters. The third-order valence-corrected chi connectivity index (χ3v) is 5.85. The summed E-state index contributed by atoms with van der Waals surface area (Å²) in [5, 5.41) is 0. The lowest BCUT2D eigenvalue weighted by atomic mass is 10.2. The minimum Gasteiger partial charge on any atom is -0.497 e. The van der Waals surface area contributed by atoms with Crippen LogP contribution < -0.4 is 13.8 Å². The van der Waals surface area contributed by atoms with Gasteiger partial charge in [-0.25, -0.2) is 8.42 Å². The number of anilines is 1. The summed E-state index contributed by atoms with van der Waals surface area (Å²) in [6.07, 6.45) is 3.30. The number of hydrogen-bond acceptors (Lipinski definition) is 5. The van der Waals surface area contributed by atoms with Gasteiger partial charge in [-0.05, 0) is 35.9 Å². The van der Waals surface area contributed by atoms with Gasteiger partial charge in [0.15, 0.2) is 0 Å². The molecule has 0 aliphatic heterocycles. The van der Waals surface area contributed by atoms with E-state index in [0.717, 1.165) is 5.56 Å². The monoisotopic (exact) mass is 384 g/mol. The summed E-state index contributed by atoms with van der Waals surface area (Å²) in [4.78, 5) is 4.15. The van der Waals surface area contributed by atoms with Crippen molar-refractivity contribution in [1.29, 1.82) is 0 Å². The van der Waals surface area contributed by atoms with Gasteiger partial charge in [0.25, 0.3) is 10.0 Å². The third-order valence-electron chi connectivity index (χ3n) is 4.03. The topological polar surface area (TPSA) is 68.7 Å². The largest absolute Gasteiger partial charge is 0.497 e. The van der Waals surface area contributed by atoms with Crippen molar-refractivity contribution in [3.05, 3.63) is 78.6 Å². The maximum absolute atomic E-state index is 13.5. The van der Waals surface area contributed by atoms with Gasteiger partial charge < -0.3 is 9.47 Å². The van der Waals surface area contributed by atoms with Gasteiger partial charge in [-0.2, -0.15) is 0 Å². The van der Waals surface area contributed by atoms with Crippen LogP contribution in [-0.2, 0) is 16.6 Å². The van der Waals surface area contributed by atoms with Crippen molar-refractivity contribution in [2.45, 2.75) is 11.4 Å². The highest BCUT2D eigenvalue weighted by atomic mass is 32.2. The SMILES string of the molecule is COc1ccc(S(=O)(=O)N(Cc2cccnc2)c2ccccc2)c(OC)c1. The molecule has 0 spiro atoms. The Labute approximate surface area is 159 Å². The number of aromatic nitrogens is 1. The smallest absolute Gasteiger partial charge is 0.268 e. The van der Waals surface area contributed by atoms with Gasteiger partial charge in [0.2, 0.25) is 0 Å². The molecule has 2 aromatic carbocycles. The molecule has 0 amide bonds. The molecule has 0 aliphatic carbocycles. The number of pyridine rings is 1. The van der Waals surface area contributed by atoms with Crippen molar-refractivity contribution in [3.8, 4) is 11.5 Å². The number of rotatable bonds is 7. The summed E-state index contributed by atoms with van der Waals surface area (Å²) in [6, 6.07) is 17.2. The molecule has 0 unspecified atom stereocenters. The van der Waals surface area contributed by atoms with E-state index in [4.69, 9.17) is 9.47 Å². The van der Waals surface area contributed by atoms with Crippen LogP contribution in [0.5, 0.6) is 11.5 Å². The normalized spacial score (nSPS) is 11.0. The Hall–Kier alpha value is -3.06. The lowest BCUT2D eigenvalue weighted by molar-refractivity contribution is 0.386. The van der Waals surface area contributed by atoms with Crippen LogP contribution in [0.2, 0.25) is 0 Å². The van der Waals surface area contributed by atoms with E-state index in [1.165, 1.54) is 24.6 Å². The van der Waals surface area contributed by atoms with E-state index in [0.29, 0.717) is 11.4 Å². The first-order valence-corrected chi connectivity index (χ1v) is 9.69. The molecule has 0 radical (unpaired) electrons. The summed E-state index contributed by atoms with van der Waals surface area (Å²) >= 11 is 0. The Kier molecular flexibility index (Phi) is 5.61. The van der Waals surface area contributed by atoms with Gasteiger partial charge in [0.05, 0.1) is 26.5 Å². The first kappa shape index (κ1) is 18.7. The summed E-state index contributed by atoms with van der Waals surface area (Å²) in [7, 11) is -0.947. The van der Waals surface area contributed by atoms with Crippen molar-refractivity contribution in [3.63, 3.8) is 0 Å². The second kappa shape index (κ2) is 8.09. The van der Waals surface area contributed by atoms with E-state index in [-0.39, 0.29) is 17.2 Å². The number of para-hydroxylation sites is 1. The maximum atomic E-state index is 13.5. The van der Waals surface area contributed by atoms with Gasteiger partial charge >= 0.3 is 0 Å². The van der Waals surface area contributed by atoms with E-state index in [1.54, 1.807) is 54.9 Å². The first-order chi connectivity index (χ1) is 13.1. The molecule has 3 aromatic rings. The van der Waals surface area contributed by atoms with Crippen LogP contribution >= 0.6 is 0 Å². The maximum Gasteiger partial charge on any atom is 0.268 e. The zero-order chi connectivity index (χ0) is 19.3. The van der Waals surface area contributed by atoms with E-state index in [9.17, 15) is 8.42 Å². The Balaban J connectivity index is 2.11. The lowest BCUT2D eigenvalue weighted by Gasteiger charge is -2.25. The van der Waals surface area contributed by atoms with Crippen LogP contribution in [0.4, 0.5) is 5.69 Å². The van der Waals surface area contributed by atoms with E-state index < -0.39 is 10.0 Å². The van der Waals surface area contributed by atoms with Gasteiger partial charge in [0, 0.05) is 18.5 Å². The molecule has 0 bridgehead atoms. The average molecular weight is 384 g/mol. The van der Waals surface area contributed by atoms with E-state index in [2.05, 4.69) is 4.98 Å². The van der Waals surface area contributed by atoms with Crippen LogP contribution in [0.25, 0.3) is 0 Å². The van der Waals surface area contributed by atoms with Crippen LogP contribution in [-0.4, -0.2) is 27.6 Å². The molecule has 0 saturated heterocycles. The van der Waals surface area contributed by atoms with E-state index in [1.807, 2.05) is 12.1 Å². The molecule has 6 nitrogen and oxygen atoms in total. The molecular weight excluding hydrogens is 364 g/mol. The van der Waals surface area contributed by atoms with E-state index >= 15 is 0 Å². The number of sulfonamides is 1. The third kappa shape index (κ3) is 4.03. The standard InChI is InChI=1S/C20H20N2O4S/c1-25-18-10-11-20(19(13-18)26-2)27(23,24)22(17-8-4-3-5-9-17)15-16-7-6-12-21-14-16/h3-14H,15H2,1-2H3. The minimum atomic E-state index is -3.90. The first-order valence-electron chi connectivity index (χ1n) is 8.25. The zero-order valence-electron chi connectivity index (χ0n) is 15.1. The highest BCUT2D eigenvalue weighted by molar-refractivity contribution is 7.92. The fourth-order valence-electron chi connectivity index (χ4n) is 2.67. The number of ether oxygens (including phenoxy) is 2. The molecule has 0 fully saturated rings. The second-order valence-electron chi connectivity index (χ2n) is 5.73. The average Bonchev–Trinajstić information content (AvgIpc) is 2.72. The summed E-state index contributed by atoms with van der Waals surface area (Å²) in [5.41, 5.74) is 1.33. The number of methoxy groups -OCH3 is 2. The van der Waals surface area contributed by atoms with Crippen molar-refractivity contribution in [2.75, 3.05) is 18.5 Å². The van der Waals surface area contributed by atoms with Gasteiger partial charge in [0.1, 0.15) is 16.4 Å². The van der Waals surface area contributed by atoms with Gasteiger partial charge in [-0.3, -0.25) is 9.29 Å². The molecule has 140 valence electrons. The summed E-state index contributed by atoms with van der Waals surface area (Å²) in [5.74, 6) is 0.741. The zero-order valence-corrected chi connectivity index (χ0v) is 15.9. The highest BCUT2D eigenvalue weighted by Gasteiger charge is 2.28. The molecule has 3 rings (SSSR count). The molecular formula is C20H20N2O4S. The quantitative estimate of drug-likeness (QED) is 0.624. The molecule has 0 saturated carbocycles. The van der Waals surface area contributed by atoms with Crippen LogP contribution in [0.3, 0.4) is 0 Å². The van der Waals surface area contributed by atoms with Gasteiger partial charge in [-0.1, -0.05) is 24.3 Å². The summed E-state index contributed by atoms with van der Waals surface area (Å²) < 4.78 is 38.8.